The predicted molar refractivity (Wildman–Crippen MR) is 86.2 cm³/mol. The summed E-state index contributed by atoms with van der Waals surface area (Å²) in [4.78, 5) is 14.1. The zero-order chi connectivity index (χ0) is 15.9. The Hall–Kier alpha value is -0.650. The summed E-state index contributed by atoms with van der Waals surface area (Å²) < 4.78 is 5.74. The first-order valence-corrected chi connectivity index (χ1v) is 8.30. The van der Waals surface area contributed by atoms with Gasteiger partial charge in [0.15, 0.2) is 0 Å². The Labute approximate surface area is 129 Å². The predicted octanol–water partition coefficient (Wildman–Crippen LogP) is 1.51. The lowest BCUT2D eigenvalue weighted by Gasteiger charge is -2.35. The molecule has 0 aromatic heterocycles. The van der Waals surface area contributed by atoms with Crippen LogP contribution >= 0.6 is 0 Å². The molecule has 0 aliphatic carbocycles. The van der Waals surface area contributed by atoms with Gasteiger partial charge in [-0.15, -0.1) is 0 Å². The third-order valence-electron chi connectivity index (χ3n) is 4.21. The molecule has 1 aliphatic heterocycles. The fraction of sp³-hybridized carbons (Fsp3) is 0.938. The molecular weight excluding hydrogens is 266 g/mol. The minimum absolute atomic E-state index is 0.246. The Kier molecular flexibility index (Phi) is 7.63. The van der Waals surface area contributed by atoms with Gasteiger partial charge >= 0.3 is 0 Å². The van der Waals surface area contributed by atoms with Crippen LogP contribution in [0.1, 0.15) is 53.4 Å². The molecule has 3 N–H and O–H groups in total. The second-order valence-electron chi connectivity index (χ2n) is 6.60. The summed E-state index contributed by atoms with van der Waals surface area (Å²) in [5.41, 5.74) is 4.98. The lowest BCUT2D eigenvalue weighted by Crippen LogP contribution is -2.53. The van der Waals surface area contributed by atoms with Crippen LogP contribution in [-0.4, -0.2) is 54.7 Å². The van der Waals surface area contributed by atoms with Gasteiger partial charge in [-0.2, -0.15) is 0 Å². The molecule has 1 heterocycles. The minimum atomic E-state index is -0.568. The molecule has 0 bridgehead atoms. The number of nitrogens with two attached hydrogens (primary N) is 1. The molecule has 1 fully saturated rings. The number of nitrogens with one attached hydrogen (secondary N) is 1. The first-order chi connectivity index (χ1) is 9.87. The van der Waals surface area contributed by atoms with Gasteiger partial charge in [0.1, 0.15) is 0 Å². The van der Waals surface area contributed by atoms with Crippen LogP contribution in [0.3, 0.4) is 0 Å². The summed E-state index contributed by atoms with van der Waals surface area (Å²) in [6.45, 7) is 12.2. The minimum Gasteiger partial charge on any atom is -0.373 e. The van der Waals surface area contributed by atoms with E-state index >= 15 is 0 Å². The molecule has 1 saturated heterocycles. The number of amides is 1. The highest BCUT2D eigenvalue weighted by Crippen LogP contribution is 2.16. The molecular formula is C16H33N3O2. The molecule has 0 radical (unpaired) electrons. The average molecular weight is 299 g/mol. The maximum Gasteiger partial charge on any atom is 0.237 e. The van der Waals surface area contributed by atoms with Crippen molar-refractivity contribution >= 4 is 5.91 Å². The SMILES string of the molecule is CCCNC(C)(CCCCN1C[C@@H](C)O[C@@H](C)C1)C(N)=O. The topological polar surface area (TPSA) is 67.6 Å². The Bertz CT molecular complexity index is 315. The molecule has 0 aromatic carbocycles. The van der Waals surface area contributed by atoms with Gasteiger partial charge in [-0.3, -0.25) is 9.69 Å². The quantitative estimate of drug-likeness (QED) is 0.633. The summed E-state index contributed by atoms with van der Waals surface area (Å²) in [7, 11) is 0. The molecule has 3 atom stereocenters. The van der Waals surface area contributed by atoms with E-state index in [1.165, 1.54) is 0 Å². The van der Waals surface area contributed by atoms with E-state index in [4.69, 9.17) is 10.5 Å². The number of hydrogen-bond donors (Lipinski definition) is 2. The van der Waals surface area contributed by atoms with E-state index in [2.05, 4.69) is 31.0 Å². The number of primary amides is 1. The smallest absolute Gasteiger partial charge is 0.237 e. The van der Waals surface area contributed by atoms with Crippen molar-refractivity contribution in [1.29, 1.82) is 0 Å². The second-order valence-corrected chi connectivity index (χ2v) is 6.60. The van der Waals surface area contributed by atoms with Crippen LogP contribution in [0.4, 0.5) is 0 Å². The standard InChI is InChI=1S/C16H33N3O2/c1-5-9-18-16(4,15(17)20)8-6-7-10-19-11-13(2)21-14(3)12-19/h13-14,18H,5-12H2,1-4H3,(H2,17,20)/t13-,14+,16?. The van der Waals surface area contributed by atoms with E-state index in [0.29, 0.717) is 12.2 Å². The van der Waals surface area contributed by atoms with Crippen molar-refractivity contribution in [3.8, 4) is 0 Å². The van der Waals surface area contributed by atoms with E-state index in [-0.39, 0.29) is 5.91 Å². The molecule has 1 aliphatic rings. The number of nitrogens with zero attached hydrogens (tertiary/aromatic N) is 1. The van der Waals surface area contributed by atoms with Crippen molar-refractivity contribution in [2.45, 2.75) is 71.1 Å². The van der Waals surface area contributed by atoms with Crippen molar-refractivity contribution < 1.29 is 9.53 Å². The third kappa shape index (κ3) is 6.32. The van der Waals surface area contributed by atoms with Crippen LogP contribution in [0.2, 0.25) is 0 Å². The summed E-state index contributed by atoms with van der Waals surface area (Å²) >= 11 is 0. The first-order valence-electron chi connectivity index (χ1n) is 8.30. The number of rotatable bonds is 9. The fourth-order valence-electron chi connectivity index (χ4n) is 2.98. The molecule has 5 heteroatoms. The average Bonchev–Trinajstić information content (AvgIpc) is 2.40. The Morgan fingerprint density at radius 2 is 1.95 bits per heavy atom. The van der Waals surface area contributed by atoms with E-state index in [1.807, 2.05) is 6.92 Å². The molecule has 124 valence electrons. The molecule has 0 spiro atoms. The van der Waals surface area contributed by atoms with Gasteiger partial charge in [-0.05, 0) is 59.5 Å². The maximum atomic E-state index is 11.6. The van der Waals surface area contributed by atoms with Gasteiger partial charge in [0.2, 0.25) is 5.91 Å². The van der Waals surface area contributed by atoms with E-state index < -0.39 is 5.54 Å². The molecule has 0 saturated carbocycles. The number of ether oxygens (including phenoxy) is 1. The number of carbonyl (C=O) groups excluding carboxylic acids is 1. The van der Waals surface area contributed by atoms with Crippen LogP contribution in [0.5, 0.6) is 0 Å². The Morgan fingerprint density at radius 3 is 2.48 bits per heavy atom. The van der Waals surface area contributed by atoms with Gasteiger partial charge in [0.05, 0.1) is 17.7 Å². The van der Waals surface area contributed by atoms with Crippen molar-refractivity contribution in [2.24, 2.45) is 5.73 Å². The fourth-order valence-corrected chi connectivity index (χ4v) is 2.98. The highest BCUT2D eigenvalue weighted by molar-refractivity contribution is 5.84. The molecule has 1 rings (SSSR count). The molecule has 21 heavy (non-hydrogen) atoms. The Morgan fingerprint density at radius 1 is 1.33 bits per heavy atom. The van der Waals surface area contributed by atoms with E-state index in [0.717, 1.165) is 51.9 Å². The number of morpholine rings is 1. The van der Waals surface area contributed by atoms with Crippen molar-refractivity contribution in [2.75, 3.05) is 26.2 Å². The molecule has 1 unspecified atom stereocenters. The zero-order valence-electron chi connectivity index (χ0n) is 14.2. The van der Waals surface area contributed by atoms with Gasteiger partial charge in [-0.1, -0.05) is 6.92 Å². The van der Waals surface area contributed by atoms with Crippen LogP contribution in [0.25, 0.3) is 0 Å². The third-order valence-corrected chi connectivity index (χ3v) is 4.21. The summed E-state index contributed by atoms with van der Waals surface area (Å²) in [6, 6.07) is 0. The molecule has 5 nitrogen and oxygen atoms in total. The summed E-state index contributed by atoms with van der Waals surface area (Å²) in [5.74, 6) is -0.246. The molecule has 0 aromatic rings. The normalized spacial score (nSPS) is 26.5. The van der Waals surface area contributed by atoms with Crippen LogP contribution in [-0.2, 0) is 9.53 Å². The van der Waals surface area contributed by atoms with Gasteiger partial charge in [-0.25, -0.2) is 0 Å². The summed E-state index contributed by atoms with van der Waals surface area (Å²) in [5, 5.41) is 3.29. The van der Waals surface area contributed by atoms with Crippen molar-refractivity contribution in [3.63, 3.8) is 0 Å². The maximum absolute atomic E-state index is 11.6. The van der Waals surface area contributed by atoms with Gasteiger partial charge in [0.25, 0.3) is 0 Å². The van der Waals surface area contributed by atoms with E-state index in [9.17, 15) is 4.79 Å². The van der Waals surface area contributed by atoms with Gasteiger partial charge < -0.3 is 15.8 Å². The highest BCUT2D eigenvalue weighted by Gasteiger charge is 2.29. The number of unbranched alkanes of at least 4 members (excludes halogenated alkanes) is 1. The van der Waals surface area contributed by atoms with Crippen molar-refractivity contribution in [1.82, 2.24) is 10.2 Å². The Balaban J connectivity index is 2.29. The zero-order valence-corrected chi connectivity index (χ0v) is 14.2. The molecule has 1 amide bonds. The first kappa shape index (κ1) is 18.4. The van der Waals surface area contributed by atoms with Crippen LogP contribution in [0, 0.1) is 0 Å². The van der Waals surface area contributed by atoms with E-state index in [1.54, 1.807) is 0 Å². The number of hydrogen-bond acceptors (Lipinski definition) is 4. The summed E-state index contributed by atoms with van der Waals surface area (Å²) in [6.07, 6.45) is 4.54. The second kappa shape index (κ2) is 8.71. The monoisotopic (exact) mass is 299 g/mol. The van der Waals surface area contributed by atoms with Crippen LogP contribution in [0.15, 0.2) is 0 Å². The highest BCUT2D eigenvalue weighted by atomic mass is 16.5. The largest absolute Gasteiger partial charge is 0.373 e. The lowest BCUT2D eigenvalue weighted by atomic mass is 9.93. The van der Waals surface area contributed by atoms with Crippen LogP contribution < -0.4 is 11.1 Å². The van der Waals surface area contributed by atoms with Gasteiger partial charge in [0, 0.05) is 13.1 Å². The van der Waals surface area contributed by atoms with Crippen molar-refractivity contribution in [3.05, 3.63) is 0 Å². The lowest BCUT2D eigenvalue weighted by molar-refractivity contribution is -0.124. The number of carbonyl (C=O) groups is 1.